The summed E-state index contributed by atoms with van der Waals surface area (Å²) in [5.74, 6) is 0. The van der Waals surface area contributed by atoms with Crippen molar-refractivity contribution in [2.75, 3.05) is 27.4 Å². The third-order valence-corrected chi connectivity index (χ3v) is 1.05. The van der Waals surface area contributed by atoms with Crippen LogP contribution in [0.2, 0.25) is 0 Å². The second-order valence-electron chi connectivity index (χ2n) is 2.16. The number of halogens is 3. The van der Waals surface area contributed by atoms with Gasteiger partial charge in [-0.25, -0.2) is 0 Å². The van der Waals surface area contributed by atoms with Crippen LogP contribution in [0.25, 0.3) is 0 Å². The molecule has 0 atom stereocenters. The van der Waals surface area contributed by atoms with Crippen molar-refractivity contribution in [3.8, 4) is 0 Å². The monoisotopic (exact) mass is 350 g/mol. The van der Waals surface area contributed by atoms with Gasteiger partial charge in [0.2, 0.25) is 0 Å². The molecule has 0 saturated heterocycles. The minimum atomic E-state index is -2.13. The number of hydrogen-bond donors (Lipinski definition) is 0. The van der Waals surface area contributed by atoms with Gasteiger partial charge in [-0.15, -0.1) is 0 Å². The molecule has 0 aromatic carbocycles. The van der Waals surface area contributed by atoms with E-state index in [-0.39, 0.29) is 0 Å². The predicted molar refractivity (Wildman–Crippen MR) is 63.9 cm³/mol. The standard InChI is InChI=1S/C5H5.C4H10O2.3ClH.Zr/c1-2-4-5-3-1;1-5-3-4-6-2;;;;/h1-5H;3-4H2,1-2H3;3*1H;/q;;;;;+3/p-3. The molecule has 0 saturated carbocycles. The molecule has 15 heavy (non-hydrogen) atoms. The zero-order valence-electron chi connectivity index (χ0n) is 8.75. The van der Waals surface area contributed by atoms with Crippen LogP contribution in [-0.2, 0) is 27.6 Å². The molecular formula is C9H15Cl3O2Zr. The first-order chi connectivity index (χ1) is 7.15. The minimum absolute atomic E-state index is 0.691. The first-order valence-electron chi connectivity index (χ1n) is 4.13. The van der Waals surface area contributed by atoms with Gasteiger partial charge in [0.25, 0.3) is 0 Å². The molecule has 2 nitrogen and oxygen atoms in total. The van der Waals surface area contributed by atoms with E-state index in [1.807, 2.05) is 30.7 Å². The van der Waals surface area contributed by atoms with E-state index in [1.165, 1.54) is 0 Å². The van der Waals surface area contributed by atoms with E-state index >= 15 is 0 Å². The molecule has 0 aromatic rings. The average Bonchev–Trinajstić information content (AvgIpc) is 2.71. The summed E-state index contributed by atoms with van der Waals surface area (Å²) in [4.78, 5) is 0. The van der Waals surface area contributed by atoms with Crippen LogP contribution in [0, 0.1) is 6.42 Å². The number of rotatable bonds is 3. The zero-order valence-corrected chi connectivity index (χ0v) is 13.5. The fourth-order valence-corrected chi connectivity index (χ4v) is 0.487. The summed E-state index contributed by atoms with van der Waals surface area (Å²) in [6.07, 6.45) is 10.0. The maximum absolute atomic E-state index is 5.00. The Hall–Kier alpha value is 1.15. The Bertz CT molecular complexity index is 147. The summed E-state index contributed by atoms with van der Waals surface area (Å²) < 4.78 is 9.31. The summed E-state index contributed by atoms with van der Waals surface area (Å²) in [6, 6.07) is 0. The molecule has 0 heterocycles. The predicted octanol–water partition coefficient (Wildman–Crippen LogP) is 3.66. The molecular weight excluding hydrogens is 338 g/mol. The Kier molecular flexibility index (Phi) is 21.7. The summed E-state index contributed by atoms with van der Waals surface area (Å²) in [5, 5.41) is 0. The normalized spacial score (nSPS) is 11.3. The molecule has 1 aliphatic rings. The Labute approximate surface area is 110 Å². The SMILES string of the molecule is COCCOC.[CH]1C=CC=C1.[Cl][Zr]([Cl])[Cl]. The van der Waals surface area contributed by atoms with Gasteiger partial charge in [-0.05, 0) is 0 Å². The number of hydrogen-bond acceptors (Lipinski definition) is 2. The number of methoxy groups -OCH3 is 2. The Balaban J connectivity index is 0. The van der Waals surface area contributed by atoms with Crippen molar-refractivity contribution in [1.82, 2.24) is 0 Å². The summed E-state index contributed by atoms with van der Waals surface area (Å²) >= 11 is -2.13. The van der Waals surface area contributed by atoms with Gasteiger partial charge >= 0.3 is 43.7 Å². The topological polar surface area (TPSA) is 18.5 Å². The molecule has 0 aromatic heterocycles. The van der Waals surface area contributed by atoms with Crippen molar-refractivity contribution in [1.29, 1.82) is 0 Å². The Morgan fingerprint density at radius 1 is 0.867 bits per heavy atom. The van der Waals surface area contributed by atoms with E-state index in [9.17, 15) is 0 Å². The van der Waals surface area contributed by atoms with Crippen LogP contribution in [-0.4, -0.2) is 27.4 Å². The fourth-order valence-electron chi connectivity index (χ4n) is 0.487. The number of allylic oxidation sites excluding steroid dienone is 4. The van der Waals surface area contributed by atoms with Gasteiger partial charge in [0, 0.05) is 20.6 Å². The van der Waals surface area contributed by atoms with E-state index < -0.39 is 18.2 Å². The van der Waals surface area contributed by atoms with Crippen molar-refractivity contribution in [3.63, 3.8) is 0 Å². The van der Waals surface area contributed by atoms with Gasteiger partial charge in [0.15, 0.2) is 0 Å². The van der Waals surface area contributed by atoms with Gasteiger partial charge in [-0.2, -0.15) is 0 Å². The molecule has 0 bridgehead atoms. The van der Waals surface area contributed by atoms with Crippen LogP contribution >= 0.6 is 25.5 Å². The first kappa shape index (κ1) is 18.5. The molecule has 1 aliphatic carbocycles. The second-order valence-corrected chi connectivity index (χ2v) is 13.4. The summed E-state index contributed by atoms with van der Waals surface area (Å²) in [6.45, 7) is 1.38. The van der Waals surface area contributed by atoms with Crippen molar-refractivity contribution in [2.45, 2.75) is 0 Å². The van der Waals surface area contributed by atoms with Crippen molar-refractivity contribution < 1.29 is 27.6 Å². The van der Waals surface area contributed by atoms with Gasteiger partial charge < -0.3 is 9.47 Å². The van der Waals surface area contributed by atoms with Gasteiger partial charge in [0.05, 0.1) is 13.2 Å². The van der Waals surface area contributed by atoms with Crippen LogP contribution in [0.3, 0.4) is 0 Å². The van der Waals surface area contributed by atoms with Crippen LogP contribution < -0.4 is 0 Å². The first-order valence-corrected chi connectivity index (χ1v) is 13.6. The van der Waals surface area contributed by atoms with E-state index in [0.717, 1.165) is 0 Å². The number of ether oxygens (including phenoxy) is 2. The van der Waals surface area contributed by atoms with Crippen molar-refractivity contribution in [2.24, 2.45) is 0 Å². The van der Waals surface area contributed by atoms with E-state index in [4.69, 9.17) is 25.5 Å². The van der Waals surface area contributed by atoms with Crippen LogP contribution in [0.1, 0.15) is 0 Å². The molecule has 0 unspecified atom stereocenters. The van der Waals surface area contributed by atoms with Gasteiger partial charge in [-0.3, -0.25) is 0 Å². The van der Waals surface area contributed by atoms with Crippen LogP contribution in [0.5, 0.6) is 0 Å². The van der Waals surface area contributed by atoms with Gasteiger partial charge in [0.1, 0.15) is 0 Å². The molecule has 88 valence electrons. The van der Waals surface area contributed by atoms with E-state index in [0.29, 0.717) is 13.2 Å². The Morgan fingerprint density at radius 2 is 1.20 bits per heavy atom. The molecule has 1 rings (SSSR count). The van der Waals surface area contributed by atoms with Crippen LogP contribution in [0.4, 0.5) is 0 Å². The fraction of sp³-hybridized carbons (Fsp3) is 0.444. The summed E-state index contributed by atoms with van der Waals surface area (Å²) in [5.41, 5.74) is 0. The van der Waals surface area contributed by atoms with E-state index in [2.05, 4.69) is 9.47 Å². The third-order valence-electron chi connectivity index (χ3n) is 1.05. The van der Waals surface area contributed by atoms with Crippen molar-refractivity contribution >= 4 is 25.5 Å². The molecule has 0 spiro atoms. The Morgan fingerprint density at radius 3 is 1.33 bits per heavy atom. The molecule has 0 amide bonds. The van der Waals surface area contributed by atoms with Crippen molar-refractivity contribution in [3.05, 3.63) is 30.7 Å². The molecule has 0 aliphatic heterocycles. The molecule has 6 heteroatoms. The average molecular weight is 353 g/mol. The van der Waals surface area contributed by atoms with Crippen LogP contribution in [0.15, 0.2) is 24.3 Å². The molecule has 0 fully saturated rings. The molecule has 1 radical (unpaired) electrons. The zero-order chi connectivity index (χ0) is 11.9. The summed E-state index contributed by atoms with van der Waals surface area (Å²) in [7, 11) is 18.3. The third kappa shape index (κ3) is 31.3. The maximum atomic E-state index is 5.00. The second kappa shape index (κ2) is 17.5. The quantitative estimate of drug-likeness (QED) is 0.722. The van der Waals surface area contributed by atoms with E-state index in [1.54, 1.807) is 14.2 Å². The molecule has 0 N–H and O–H groups in total. The van der Waals surface area contributed by atoms with Gasteiger partial charge in [-0.1, -0.05) is 24.3 Å².